The average molecular weight is 458 g/mol. The second-order valence-corrected chi connectivity index (χ2v) is 8.29. The molecule has 0 aliphatic heterocycles. The number of halogens is 1. The van der Waals surface area contributed by atoms with Gasteiger partial charge in [0.1, 0.15) is 0 Å². The number of hydrogen-bond acceptors (Lipinski definition) is 4. The third-order valence-corrected chi connectivity index (χ3v) is 5.66. The van der Waals surface area contributed by atoms with Crippen LogP contribution in [-0.4, -0.2) is 25.1 Å². The summed E-state index contributed by atoms with van der Waals surface area (Å²) in [5.41, 5.74) is 4.09. The van der Waals surface area contributed by atoms with Crippen molar-refractivity contribution in [2.75, 3.05) is 0 Å². The van der Waals surface area contributed by atoms with E-state index in [1.807, 2.05) is 67.6 Å². The average Bonchev–Trinajstić information content (AvgIpc) is 3.27. The molecule has 0 saturated carbocycles. The number of carbonyl (C=O) groups excluding carboxylic acids is 1. The molecule has 8 heteroatoms. The van der Waals surface area contributed by atoms with E-state index in [9.17, 15) is 9.59 Å². The predicted molar refractivity (Wildman–Crippen MR) is 128 cm³/mol. The minimum absolute atomic E-state index is 0.0616. The van der Waals surface area contributed by atoms with Gasteiger partial charge in [-0.05, 0) is 47.9 Å². The lowest BCUT2D eigenvalue weighted by Crippen LogP contribution is -2.24. The van der Waals surface area contributed by atoms with Gasteiger partial charge in [-0.25, -0.2) is 4.52 Å². The highest BCUT2D eigenvalue weighted by atomic mass is 35.5. The minimum atomic E-state index is -0.465. The number of fused-ring (bicyclic) bond motifs is 3. The lowest BCUT2D eigenvalue weighted by atomic mass is 10.2. The van der Waals surface area contributed by atoms with Crippen LogP contribution in [0.3, 0.4) is 0 Å². The number of amides is 1. The molecule has 0 radical (unpaired) electrons. The van der Waals surface area contributed by atoms with E-state index >= 15 is 0 Å². The highest BCUT2D eigenvalue weighted by molar-refractivity contribution is 6.30. The van der Waals surface area contributed by atoms with Gasteiger partial charge in [-0.2, -0.15) is 4.98 Å². The summed E-state index contributed by atoms with van der Waals surface area (Å²) < 4.78 is 3.13. The van der Waals surface area contributed by atoms with Crippen molar-refractivity contribution < 1.29 is 4.79 Å². The maximum atomic E-state index is 13.4. The Hall–Kier alpha value is -3.97. The quantitative estimate of drug-likeness (QED) is 0.432. The second kappa shape index (κ2) is 8.52. The summed E-state index contributed by atoms with van der Waals surface area (Å²) in [6, 6.07) is 22.7. The molecule has 0 spiro atoms. The number of aryl methyl sites for hydroxylation is 1. The first-order valence-electron chi connectivity index (χ1n) is 10.5. The van der Waals surface area contributed by atoms with Crippen LogP contribution in [0.5, 0.6) is 0 Å². The number of hydrogen-bond donors (Lipinski definition) is 1. The van der Waals surface area contributed by atoms with E-state index in [-0.39, 0.29) is 23.6 Å². The van der Waals surface area contributed by atoms with E-state index in [1.54, 1.807) is 16.7 Å². The van der Waals surface area contributed by atoms with E-state index in [4.69, 9.17) is 11.6 Å². The van der Waals surface area contributed by atoms with Gasteiger partial charge in [-0.15, -0.1) is 5.10 Å². The van der Waals surface area contributed by atoms with Crippen LogP contribution in [0.1, 0.15) is 27.3 Å². The molecular weight excluding hydrogens is 438 g/mol. The van der Waals surface area contributed by atoms with Crippen LogP contribution in [0.25, 0.3) is 16.7 Å². The van der Waals surface area contributed by atoms with Gasteiger partial charge in [0.25, 0.3) is 11.5 Å². The molecule has 0 aliphatic rings. The van der Waals surface area contributed by atoms with Gasteiger partial charge >= 0.3 is 0 Å². The molecule has 0 bridgehead atoms. The number of nitrogens with zero attached hydrogens (tertiary/aromatic N) is 4. The number of rotatable bonds is 5. The Labute approximate surface area is 194 Å². The zero-order valence-corrected chi connectivity index (χ0v) is 18.6. The van der Waals surface area contributed by atoms with Gasteiger partial charge in [0.2, 0.25) is 11.5 Å². The van der Waals surface area contributed by atoms with Crippen LogP contribution in [0.4, 0.5) is 0 Å². The molecule has 0 atom stereocenters. The Morgan fingerprint density at radius 1 is 0.970 bits per heavy atom. The molecule has 0 unspecified atom stereocenters. The standard InChI is InChI=1S/C25H20ClN5O2/c1-16-10-11-20-21(12-16)30(15-17-6-3-2-4-7-17)25(33)23-28-22(29-31(20)23)24(32)27-14-18-8-5-9-19(26)13-18/h2-13H,14-15H2,1H3,(H,27,32). The molecule has 3 aromatic carbocycles. The SMILES string of the molecule is Cc1ccc2c(c1)n(Cc1ccccc1)c(=O)c1nc(C(=O)NCc3cccc(Cl)c3)nn12. The lowest BCUT2D eigenvalue weighted by molar-refractivity contribution is 0.0941. The molecule has 2 aromatic heterocycles. The van der Waals surface area contributed by atoms with Gasteiger partial charge in [-0.3, -0.25) is 14.2 Å². The third kappa shape index (κ3) is 4.10. The first kappa shape index (κ1) is 20.9. The monoisotopic (exact) mass is 457 g/mol. The van der Waals surface area contributed by atoms with Gasteiger partial charge in [0.05, 0.1) is 17.6 Å². The molecule has 33 heavy (non-hydrogen) atoms. The summed E-state index contributed by atoms with van der Waals surface area (Å²) >= 11 is 6.01. The summed E-state index contributed by atoms with van der Waals surface area (Å²) in [6.45, 7) is 2.63. The fourth-order valence-corrected chi connectivity index (χ4v) is 4.02. The Balaban J connectivity index is 1.57. The number of carbonyl (C=O) groups is 1. The third-order valence-electron chi connectivity index (χ3n) is 5.42. The second-order valence-electron chi connectivity index (χ2n) is 7.85. The van der Waals surface area contributed by atoms with Gasteiger partial charge in [0, 0.05) is 11.6 Å². The topological polar surface area (TPSA) is 81.3 Å². The Kier molecular flexibility index (Phi) is 5.40. The molecule has 0 fully saturated rings. The molecule has 1 amide bonds. The summed E-state index contributed by atoms with van der Waals surface area (Å²) in [6.07, 6.45) is 0. The molecule has 5 aromatic rings. The van der Waals surface area contributed by atoms with Crippen LogP contribution in [-0.2, 0) is 13.1 Å². The summed E-state index contributed by atoms with van der Waals surface area (Å²) in [7, 11) is 0. The van der Waals surface area contributed by atoms with Crippen molar-refractivity contribution >= 4 is 34.2 Å². The van der Waals surface area contributed by atoms with E-state index in [1.165, 1.54) is 4.52 Å². The molecular formula is C25H20ClN5O2. The summed E-state index contributed by atoms with van der Waals surface area (Å²) in [5.74, 6) is -0.526. The lowest BCUT2D eigenvalue weighted by Gasteiger charge is -2.12. The van der Waals surface area contributed by atoms with Crippen LogP contribution in [0, 0.1) is 6.92 Å². The highest BCUT2D eigenvalue weighted by Gasteiger charge is 2.19. The van der Waals surface area contributed by atoms with Crippen LogP contribution in [0.15, 0.2) is 77.6 Å². The fraction of sp³-hybridized carbons (Fsp3) is 0.120. The normalized spacial score (nSPS) is 11.2. The van der Waals surface area contributed by atoms with Gasteiger partial charge in [-0.1, -0.05) is 60.1 Å². The van der Waals surface area contributed by atoms with Crippen LogP contribution < -0.4 is 10.9 Å². The predicted octanol–water partition coefficient (Wildman–Crippen LogP) is 3.98. The van der Waals surface area contributed by atoms with Crippen molar-refractivity contribution in [1.82, 2.24) is 24.5 Å². The van der Waals surface area contributed by atoms with Crippen LogP contribution in [0.2, 0.25) is 5.02 Å². The van der Waals surface area contributed by atoms with E-state index in [2.05, 4.69) is 15.4 Å². The van der Waals surface area contributed by atoms with Crippen molar-refractivity contribution in [3.8, 4) is 0 Å². The maximum absolute atomic E-state index is 13.4. The van der Waals surface area contributed by atoms with Crippen molar-refractivity contribution in [3.63, 3.8) is 0 Å². The summed E-state index contributed by atoms with van der Waals surface area (Å²) in [5, 5.41) is 7.74. The van der Waals surface area contributed by atoms with Crippen molar-refractivity contribution in [2.45, 2.75) is 20.0 Å². The van der Waals surface area contributed by atoms with E-state index in [0.29, 0.717) is 17.1 Å². The molecule has 164 valence electrons. The zero-order valence-electron chi connectivity index (χ0n) is 17.8. The number of aromatic nitrogens is 4. The van der Waals surface area contributed by atoms with Crippen molar-refractivity contribution in [3.05, 3.63) is 111 Å². The molecule has 0 saturated heterocycles. The first-order chi connectivity index (χ1) is 16.0. The largest absolute Gasteiger partial charge is 0.345 e. The summed E-state index contributed by atoms with van der Waals surface area (Å²) in [4.78, 5) is 30.5. The van der Waals surface area contributed by atoms with E-state index < -0.39 is 5.91 Å². The molecule has 1 N–H and O–H groups in total. The molecule has 5 rings (SSSR count). The Morgan fingerprint density at radius 2 is 1.76 bits per heavy atom. The smallest absolute Gasteiger partial charge is 0.296 e. The van der Waals surface area contributed by atoms with Crippen LogP contribution >= 0.6 is 11.6 Å². The molecule has 7 nitrogen and oxygen atoms in total. The fourth-order valence-electron chi connectivity index (χ4n) is 3.80. The number of benzene rings is 3. The Morgan fingerprint density at radius 3 is 2.55 bits per heavy atom. The zero-order chi connectivity index (χ0) is 22.9. The van der Waals surface area contributed by atoms with E-state index in [0.717, 1.165) is 22.2 Å². The number of nitrogens with one attached hydrogen (secondary N) is 1. The minimum Gasteiger partial charge on any atom is -0.345 e. The van der Waals surface area contributed by atoms with Gasteiger partial charge < -0.3 is 5.32 Å². The maximum Gasteiger partial charge on any atom is 0.296 e. The first-order valence-corrected chi connectivity index (χ1v) is 10.8. The van der Waals surface area contributed by atoms with Gasteiger partial charge in [0.15, 0.2) is 0 Å². The van der Waals surface area contributed by atoms with Crippen molar-refractivity contribution in [1.29, 1.82) is 0 Å². The van der Waals surface area contributed by atoms with Crippen molar-refractivity contribution in [2.24, 2.45) is 0 Å². The Bertz CT molecular complexity index is 1560. The molecule has 0 aliphatic carbocycles. The highest BCUT2D eigenvalue weighted by Crippen LogP contribution is 2.17. The molecule has 2 heterocycles.